The fraction of sp³-hybridized carbons (Fsp3) is 0.538. The summed E-state index contributed by atoms with van der Waals surface area (Å²) in [5, 5.41) is 0. The molecule has 190 valence electrons. The first-order valence-electron chi connectivity index (χ1n) is 12.7. The first-order valence-corrected chi connectivity index (χ1v) is 12.7. The lowest BCUT2D eigenvalue weighted by atomic mass is 9.95. The van der Waals surface area contributed by atoms with E-state index in [1.807, 2.05) is 0 Å². The first-order chi connectivity index (χ1) is 17.6. The van der Waals surface area contributed by atoms with Crippen LogP contribution in [0.2, 0.25) is 0 Å². The Morgan fingerprint density at radius 1 is 0.889 bits per heavy atom. The van der Waals surface area contributed by atoms with Crippen molar-refractivity contribution in [1.82, 2.24) is 19.5 Å². The number of nitrogens with zero attached hydrogens (tertiary/aromatic N) is 5. The van der Waals surface area contributed by atoms with Crippen molar-refractivity contribution in [3.8, 4) is 17.5 Å². The van der Waals surface area contributed by atoms with Gasteiger partial charge in [-0.25, -0.2) is 4.98 Å². The average Bonchev–Trinajstić information content (AvgIpc) is 3.24. The van der Waals surface area contributed by atoms with Crippen molar-refractivity contribution < 1.29 is 18.9 Å². The molecule has 2 aromatic heterocycles. The molecule has 1 saturated carbocycles. The van der Waals surface area contributed by atoms with Gasteiger partial charge in [0.25, 0.3) is 5.56 Å². The lowest BCUT2D eigenvalue weighted by Gasteiger charge is -2.34. The van der Waals surface area contributed by atoms with Gasteiger partial charge in [-0.3, -0.25) is 4.79 Å². The number of methoxy groups -OCH3 is 1. The Hall–Kier alpha value is -3.40. The zero-order valence-corrected chi connectivity index (χ0v) is 20.6. The third-order valence-electron chi connectivity index (χ3n) is 7.46. The van der Waals surface area contributed by atoms with Crippen molar-refractivity contribution in [2.24, 2.45) is 7.05 Å². The second kappa shape index (κ2) is 9.57. The highest BCUT2D eigenvalue weighted by molar-refractivity contribution is 5.86. The summed E-state index contributed by atoms with van der Waals surface area (Å²) in [6, 6.07) is 4.49. The fourth-order valence-corrected chi connectivity index (χ4v) is 5.50. The minimum Gasteiger partial charge on any atom is -0.494 e. The minimum absolute atomic E-state index is 0.0243. The zero-order valence-electron chi connectivity index (χ0n) is 20.6. The van der Waals surface area contributed by atoms with Gasteiger partial charge in [0.2, 0.25) is 0 Å². The molecule has 1 aliphatic carbocycles. The maximum Gasteiger partial charge on any atom is 0.316 e. The van der Waals surface area contributed by atoms with E-state index in [-0.39, 0.29) is 30.0 Å². The molecule has 3 aliphatic rings. The molecule has 36 heavy (non-hydrogen) atoms. The molecule has 3 fully saturated rings. The summed E-state index contributed by atoms with van der Waals surface area (Å²) in [4.78, 5) is 27.6. The number of anilines is 1. The standard InChI is InChI=1S/C26H31N5O5/c1-30-24(32)13-27-22-9-16(31-14-19-7-8-20(15-31)34-19)10-23(25(22)30)35-17-3-5-18(6-4-17)36-26-28-11-21(33-2)12-29-26/h9-13,17-20H,3-8,14-15H2,1-2H3/t17-,18+,19?,20?. The highest BCUT2D eigenvalue weighted by Gasteiger charge is 2.34. The van der Waals surface area contributed by atoms with Crippen molar-refractivity contribution in [1.29, 1.82) is 0 Å². The number of benzene rings is 1. The van der Waals surface area contributed by atoms with Crippen LogP contribution in [0.1, 0.15) is 38.5 Å². The van der Waals surface area contributed by atoms with Gasteiger partial charge in [-0.05, 0) is 44.6 Å². The van der Waals surface area contributed by atoms with Gasteiger partial charge < -0.3 is 28.4 Å². The van der Waals surface area contributed by atoms with E-state index in [0.29, 0.717) is 17.5 Å². The molecule has 2 atom stereocenters. The maximum absolute atomic E-state index is 12.4. The second-order valence-electron chi connectivity index (χ2n) is 9.87. The van der Waals surface area contributed by atoms with Crippen LogP contribution in [0.3, 0.4) is 0 Å². The van der Waals surface area contributed by atoms with Crippen LogP contribution in [0.4, 0.5) is 5.69 Å². The van der Waals surface area contributed by atoms with Gasteiger partial charge >= 0.3 is 6.01 Å². The van der Waals surface area contributed by atoms with Crippen molar-refractivity contribution >= 4 is 16.7 Å². The van der Waals surface area contributed by atoms with Gasteiger partial charge in [-0.2, -0.15) is 9.97 Å². The number of morpholine rings is 1. The largest absolute Gasteiger partial charge is 0.494 e. The van der Waals surface area contributed by atoms with Crippen LogP contribution in [-0.2, 0) is 11.8 Å². The molecule has 0 N–H and O–H groups in total. The lowest BCUT2D eigenvalue weighted by molar-refractivity contribution is 0.0304. The van der Waals surface area contributed by atoms with Gasteiger partial charge in [-0.1, -0.05) is 0 Å². The van der Waals surface area contributed by atoms with E-state index in [9.17, 15) is 4.79 Å². The van der Waals surface area contributed by atoms with Crippen molar-refractivity contribution in [2.75, 3.05) is 25.1 Å². The summed E-state index contributed by atoms with van der Waals surface area (Å²) >= 11 is 0. The van der Waals surface area contributed by atoms with Crippen LogP contribution < -0.4 is 24.7 Å². The van der Waals surface area contributed by atoms with Gasteiger partial charge in [0, 0.05) is 31.9 Å². The molecule has 10 nitrogen and oxygen atoms in total. The lowest BCUT2D eigenvalue weighted by Crippen LogP contribution is -2.42. The Kier molecular flexibility index (Phi) is 6.12. The van der Waals surface area contributed by atoms with Gasteiger partial charge in [-0.15, -0.1) is 0 Å². The number of aryl methyl sites for hydroxylation is 1. The summed E-state index contributed by atoms with van der Waals surface area (Å²) in [5.41, 5.74) is 2.41. The first kappa shape index (κ1) is 23.0. The van der Waals surface area contributed by atoms with E-state index < -0.39 is 0 Å². The third-order valence-corrected chi connectivity index (χ3v) is 7.46. The van der Waals surface area contributed by atoms with E-state index in [1.165, 1.54) is 6.20 Å². The number of fused-ring (bicyclic) bond motifs is 3. The van der Waals surface area contributed by atoms with Crippen molar-refractivity contribution in [3.05, 3.63) is 41.1 Å². The zero-order chi connectivity index (χ0) is 24.6. The number of aromatic nitrogens is 4. The summed E-state index contributed by atoms with van der Waals surface area (Å²) in [6.45, 7) is 1.73. The van der Waals surface area contributed by atoms with E-state index in [1.54, 1.807) is 31.1 Å². The Morgan fingerprint density at radius 3 is 2.22 bits per heavy atom. The molecule has 0 radical (unpaired) electrons. The second-order valence-corrected chi connectivity index (χ2v) is 9.87. The van der Waals surface area contributed by atoms with Crippen molar-refractivity contribution in [2.45, 2.75) is 62.9 Å². The van der Waals surface area contributed by atoms with E-state index in [0.717, 1.165) is 68.3 Å². The summed E-state index contributed by atoms with van der Waals surface area (Å²) in [5.74, 6) is 1.31. The van der Waals surface area contributed by atoms with Gasteiger partial charge in [0.05, 0.1) is 49.5 Å². The predicted molar refractivity (Wildman–Crippen MR) is 133 cm³/mol. The Balaban J connectivity index is 1.19. The molecule has 10 heteroatoms. The number of rotatable bonds is 6. The third kappa shape index (κ3) is 4.57. The van der Waals surface area contributed by atoms with Crippen LogP contribution in [-0.4, -0.2) is 64.1 Å². The maximum atomic E-state index is 12.4. The normalized spacial score (nSPS) is 25.7. The van der Waals surface area contributed by atoms with Gasteiger partial charge in [0.1, 0.15) is 17.4 Å². The van der Waals surface area contributed by atoms with E-state index >= 15 is 0 Å². The molecule has 2 unspecified atom stereocenters. The van der Waals surface area contributed by atoms with Crippen LogP contribution in [0, 0.1) is 0 Å². The molecule has 6 rings (SSSR count). The summed E-state index contributed by atoms with van der Waals surface area (Å²) in [6.07, 6.45) is 10.8. The number of hydrogen-bond donors (Lipinski definition) is 0. The molecular formula is C26H31N5O5. The molecule has 1 aromatic carbocycles. The quantitative estimate of drug-likeness (QED) is 0.513. The van der Waals surface area contributed by atoms with E-state index in [4.69, 9.17) is 18.9 Å². The molecule has 2 aliphatic heterocycles. The number of hydrogen-bond acceptors (Lipinski definition) is 9. The predicted octanol–water partition coefficient (Wildman–Crippen LogP) is 2.87. The Bertz CT molecular complexity index is 1280. The molecule has 0 spiro atoms. The SMILES string of the molecule is COc1cnc(O[C@H]2CC[C@@H](Oc3cc(N4CC5CCC(C4)O5)cc4ncc(=O)n(C)c34)CC2)nc1. The van der Waals surface area contributed by atoms with Crippen LogP contribution in [0.15, 0.2) is 35.5 Å². The Morgan fingerprint density at radius 2 is 1.56 bits per heavy atom. The Labute approximate surface area is 209 Å². The monoisotopic (exact) mass is 493 g/mol. The smallest absolute Gasteiger partial charge is 0.316 e. The highest BCUT2D eigenvalue weighted by Crippen LogP contribution is 2.36. The van der Waals surface area contributed by atoms with Crippen molar-refractivity contribution in [3.63, 3.8) is 0 Å². The minimum atomic E-state index is -0.152. The number of ether oxygens (including phenoxy) is 4. The molecule has 0 amide bonds. The highest BCUT2D eigenvalue weighted by atomic mass is 16.5. The van der Waals surface area contributed by atoms with E-state index in [2.05, 4.69) is 32.0 Å². The topological polar surface area (TPSA) is 101 Å². The molecular weight excluding hydrogens is 462 g/mol. The molecule has 2 saturated heterocycles. The molecule has 3 aromatic rings. The average molecular weight is 494 g/mol. The summed E-state index contributed by atoms with van der Waals surface area (Å²) in [7, 11) is 3.35. The van der Waals surface area contributed by atoms with Crippen LogP contribution in [0.25, 0.3) is 11.0 Å². The van der Waals surface area contributed by atoms with Gasteiger partial charge in [0.15, 0.2) is 5.75 Å². The van der Waals surface area contributed by atoms with Crippen LogP contribution in [0.5, 0.6) is 17.5 Å². The summed E-state index contributed by atoms with van der Waals surface area (Å²) < 4.78 is 25.3. The van der Waals surface area contributed by atoms with Crippen LogP contribution >= 0.6 is 0 Å². The molecule has 2 bridgehead atoms. The fourth-order valence-electron chi connectivity index (χ4n) is 5.50. The molecule has 4 heterocycles.